The molecule has 0 spiro atoms. The first-order valence-electron chi connectivity index (χ1n) is 9.81. The van der Waals surface area contributed by atoms with Crippen molar-refractivity contribution in [1.29, 1.82) is 0 Å². The molecule has 0 bridgehead atoms. The third kappa shape index (κ3) is 6.83. The SMILES string of the molecule is CCS(=O)(=O)N(C)CCCNC(=O)Nc1ccc(N2C[C@H](C)O[C@@H](C)C2)c(F)c1. The summed E-state index contributed by atoms with van der Waals surface area (Å²) in [5, 5.41) is 5.24. The van der Waals surface area contributed by atoms with Crippen LogP contribution in [0, 0.1) is 5.82 Å². The standard InChI is InChI=1S/C19H31FN4O4S/c1-5-29(26,27)23(4)10-6-9-21-19(25)22-16-7-8-18(17(20)11-16)24-12-14(2)28-15(3)13-24/h7-8,11,14-15H,5-6,9-10,12-13H2,1-4H3,(H2,21,22,25)/t14-,15-/m0/s1. The number of benzene rings is 1. The van der Waals surface area contributed by atoms with Gasteiger partial charge in [0, 0.05) is 38.9 Å². The predicted molar refractivity (Wildman–Crippen MR) is 112 cm³/mol. The highest BCUT2D eigenvalue weighted by Gasteiger charge is 2.24. The maximum Gasteiger partial charge on any atom is 0.319 e. The predicted octanol–water partition coefficient (Wildman–Crippen LogP) is 2.23. The summed E-state index contributed by atoms with van der Waals surface area (Å²) in [6, 6.07) is 4.14. The average Bonchev–Trinajstić information content (AvgIpc) is 2.64. The number of morpholine rings is 1. The van der Waals surface area contributed by atoms with E-state index in [4.69, 9.17) is 4.74 Å². The van der Waals surface area contributed by atoms with E-state index in [1.54, 1.807) is 19.1 Å². The molecule has 0 saturated carbocycles. The fourth-order valence-electron chi connectivity index (χ4n) is 3.25. The van der Waals surface area contributed by atoms with Gasteiger partial charge in [0.1, 0.15) is 5.82 Å². The fraction of sp³-hybridized carbons (Fsp3) is 0.632. The van der Waals surface area contributed by atoms with Gasteiger partial charge < -0.3 is 20.3 Å². The summed E-state index contributed by atoms with van der Waals surface area (Å²) in [5.74, 6) is -0.364. The third-order valence-electron chi connectivity index (χ3n) is 4.74. The van der Waals surface area contributed by atoms with Crippen LogP contribution in [0.2, 0.25) is 0 Å². The Bertz CT molecular complexity index is 795. The zero-order valence-corrected chi connectivity index (χ0v) is 18.3. The van der Waals surface area contributed by atoms with E-state index in [1.807, 2.05) is 18.7 Å². The second-order valence-electron chi connectivity index (χ2n) is 7.29. The van der Waals surface area contributed by atoms with Crippen LogP contribution >= 0.6 is 0 Å². The molecular formula is C19H31FN4O4S. The summed E-state index contributed by atoms with van der Waals surface area (Å²) in [5.41, 5.74) is 0.835. The van der Waals surface area contributed by atoms with Crippen LogP contribution in [-0.4, -0.2) is 69.9 Å². The molecule has 29 heavy (non-hydrogen) atoms. The Hall–Kier alpha value is -1.91. The minimum absolute atomic E-state index is 0.0214. The number of nitrogens with one attached hydrogen (secondary N) is 2. The third-order valence-corrected chi connectivity index (χ3v) is 6.60. The van der Waals surface area contributed by atoms with Crippen molar-refractivity contribution in [3.63, 3.8) is 0 Å². The molecule has 1 aliphatic heterocycles. The lowest BCUT2D eigenvalue weighted by molar-refractivity contribution is -0.00539. The molecule has 0 unspecified atom stereocenters. The first-order chi connectivity index (χ1) is 13.6. The van der Waals surface area contributed by atoms with Crippen LogP contribution in [0.1, 0.15) is 27.2 Å². The average molecular weight is 431 g/mol. The molecule has 10 heteroatoms. The van der Waals surface area contributed by atoms with E-state index in [-0.39, 0.29) is 18.0 Å². The van der Waals surface area contributed by atoms with E-state index >= 15 is 0 Å². The Labute approximate surface area is 172 Å². The zero-order chi connectivity index (χ0) is 21.6. The minimum atomic E-state index is -3.22. The highest BCUT2D eigenvalue weighted by Crippen LogP contribution is 2.26. The summed E-state index contributed by atoms with van der Waals surface area (Å²) >= 11 is 0. The quantitative estimate of drug-likeness (QED) is 0.617. The van der Waals surface area contributed by atoms with Crippen molar-refractivity contribution >= 4 is 27.4 Å². The molecule has 1 heterocycles. The smallest absolute Gasteiger partial charge is 0.319 e. The van der Waals surface area contributed by atoms with E-state index in [0.717, 1.165) is 0 Å². The topological polar surface area (TPSA) is 91.0 Å². The molecule has 1 saturated heterocycles. The van der Waals surface area contributed by atoms with Gasteiger partial charge >= 0.3 is 6.03 Å². The Morgan fingerprint density at radius 3 is 2.55 bits per heavy atom. The molecule has 2 N–H and O–H groups in total. The maximum atomic E-state index is 14.6. The van der Waals surface area contributed by atoms with E-state index < -0.39 is 21.9 Å². The first kappa shape index (κ1) is 23.4. The molecule has 2 rings (SSSR count). The number of urea groups is 1. The van der Waals surface area contributed by atoms with Gasteiger partial charge in [-0.25, -0.2) is 21.9 Å². The number of amides is 2. The summed E-state index contributed by atoms with van der Waals surface area (Å²) in [4.78, 5) is 13.9. The maximum absolute atomic E-state index is 14.6. The largest absolute Gasteiger partial charge is 0.372 e. The lowest BCUT2D eigenvalue weighted by Gasteiger charge is -2.37. The van der Waals surface area contributed by atoms with Crippen molar-refractivity contribution in [3.05, 3.63) is 24.0 Å². The fourth-order valence-corrected chi connectivity index (χ4v) is 4.10. The summed E-state index contributed by atoms with van der Waals surface area (Å²) in [7, 11) is -1.71. The molecule has 1 aromatic carbocycles. The number of anilines is 2. The minimum Gasteiger partial charge on any atom is -0.372 e. The van der Waals surface area contributed by atoms with Crippen molar-refractivity contribution in [3.8, 4) is 0 Å². The van der Waals surface area contributed by atoms with Crippen molar-refractivity contribution in [2.45, 2.75) is 39.4 Å². The molecule has 164 valence electrons. The van der Waals surface area contributed by atoms with E-state index in [0.29, 0.717) is 44.0 Å². The number of sulfonamides is 1. The molecular weight excluding hydrogens is 399 g/mol. The molecule has 0 radical (unpaired) electrons. The van der Waals surface area contributed by atoms with Gasteiger partial charge in [0.2, 0.25) is 10.0 Å². The number of ether oxygens (including phenoxy) is 1. The molecule has 0 aliphatic carbocycles. The molecule has 2 amide bonds. The van der Waals surface area contributed by atoms with Crippen molar-refractivity contribution in [1.82, 2.24) is 9.62 Å². The van der Waals surface area contributed by atoms with Crippen LogP contribution in [0.4, 0.5) is 20.6 Å². The van der Waals surface area contributed by atoms with Crippen molar-refractivity contribution < 1.29 is 22.3 Å². The Morgan fingerprint density at radius 2 is 1.97 bits per heavy atom. The van der Waals surface area contributed by atoms with Crippen molar-refractivity contribution in [2.75, 3.05) is 49.2 Å². The van der Waals surface area contributed by atoms with Crippen LogP contribution in [0.15, 0.2) is 18.2 Å². The van der Waals surface area contributed by atoms with Gasteiger partial charge in [-0.3, -0.25) is 0 Å². The number of nitrogens with zero attached hydrogens (tertiary/aromatic N) is 2. The van der Waals surface area contributed by atoms with Crippen LogP contribution in [0.3, 0.4) is 0 Å². The second-order valence-corrected chi connectivity index (χ2v) is 9.65. The summed E-state index contributed by atoms with van der Waals surface area (Å²) in [6.45, 7) is 7.33. The summed E-state index contributed by atoms with van der Waals surface area (Å²) < 4.78 is 44.8. The normalized spacial score (nSPS) is 20.0. The van der Waals surface area contributed by atoms with Crippen LogP contribution in [0.5, 0.6) is 0 Å². The number of rotatable bonds is 8. The number of carbonyl (C=O) groups excluding carboxylic acids is 1. The first-order valence-corrected chi connectivity index (χ1v) is 11.4. The number of hydrogen-bond donors (Lipinski definition) is 2. The lowest BCUT2D eigenvalue weighted by atomic mass is 10.2. The van der Waals surface area contributed by atoms with Gasteiger partial charge in [0.15, 0.2) is 0 Å². The van der Waals surface area contributed by atoms with Crippen molar-refractivity contribution in [2.24, 2.45) is 0 Å². The van der Waals surface area contributed by atoms with Gasteiger partial charge in [-0.1, -0.05) is 0 Å². The van der Waals surface area contributed by atoms with Gasteiger partial charge in [0.05, 0.1) is 23.6 Å². The van der Waals surface area contributed by atoms with E-state index in [1.165, 1.54) is 17.4 Å². The van der Waals surface area contributed by atoms with Gasteiger partial charge in [0.25, 0.3) is 0 Å². The number of halogens is 1. The van der Waals surface area contributed by atoms with Gasteiger partial charge in [-0.05, 0) is 45.4 Å². The van der Waals surface area contributed by atoms with Crippen LogP contribution in [-0.2, 0) is 14.8 Å². The van der Waals surface area contributed by atoms with Gasteiger partial charge in [-0.15, -0.1) is 0 Å². The van der Waals surface area contributed by atoms with E-state index in [9.17, 15) is 17.6 Å². The highest BCUT2D eigenvalue weighted by molar-refractivity contribution is 7.89. The lowest BCUT2D eigenvalue weighted by Crippen LogP contribution is -2.45. The second kappa shape index (κ2) is 10.2. The number of carbonyl (C=O) groups is 1. The van der Waals surface area contributed by atoms with Gasteiger partial charge in [-0.2, -0.15) is 0 Å². The summed E-state index contributed by atoms with van der Waals surface area (Å²) in [6.07, 6.45) is 0.519. The monoisotopic (exact) mass is 430 g/mol. The van der Waals surface area contributed by atoms with E-state index in [2.05, 4.69) is 10.6 Å². The molecule has 2 atom stereocenters. The van der Waals surface area contributed by atoms with Crippen LogP contribution in [0.25, 0.3) is 0 Å². The molecule has 8 nitrogen and oxygen atoms in total. The molecule has 1 aliphatic rings. The molecule has 1 aromatic rings. The highest BCUT2D eigenvalue weighted by atomic mass is 32.2. The van der Waals surface area contributed by atoms with Crippen LogP contribution < -0.4 is 15.5 Å². The zero-order valence-electron chi connectivity index (χ0n) is 17.4. The Morgan fingerprint density at radius 1 is 1.31 bits per heavy atom. The number of hydrogen-bond acceptors (Lipinski definition) is 5. The Kier molecular flexibility index (Phi) is 8.23. The Balaban J connectivity index is 1.83. The molecule has 0 aromatic heterocycles. The molecule has 1 fully saturated rings.